The molecule has 0 radical (unpaired) electrons. The lowest BCUT2D eigenvalue weighted by atomic mass is 10.2. The van der Waals surface area contributed by atoms with Gasteiger partial charge in [-0.1, -0.05) is 13.8 Å². The van der Waals surface area contributed by atoms with Gasteiger partial charge in [0, 0.05) is 18.9 Å². The Labute approximate surface area is 84.1 Å². The van der Waals surface area contributed by atoms with Crippen LogP contribution in [0.5, 0.6) is 0 Å². The zero-order valence-corrected chi connectivity index (χ0v) is 8.79. The van der Waals surface area contributed by atoms with Crippen molar-refractivity contribution in [3.05, 3.63) is 11.6 Å². The average Bonchev–Trinajstić information content (AvgIpc) is 2.75. The van der Waals surface area contributed by atoms with E-state index in [1.807, 2.05) is 0 Å². The van der Waals surface area contributed by atoms with Gasteiger partial charge in [0.2, 0.25) is 0 Å². The lowest BCUT2D eigenvalue weighted by Gasteiger charge is -2.05. The van der Waals surface area contributed by atoms with E-state index >= 15 is 0 Å². The van der Waals surface area contributed by atoms with Crippen LogP contribution < -0.4 is 0 Å². The Hall–Kier alpha value is -0.900. The SMILES string of the molecule is CC(C)c1n[nH]c(CC2CCCO2)n1. The summed E-state index contributed by atoms with van der Waals surface area (Å²) in [5.74, 6) is 2.25. The molecular weight excluding hydrogens is 178 g/mol. The van der Waals surface area contributed by atoms with Crippen LogP contribution in [-0.2, 0) is 11.2 Å². The molecule has 2 heterocycles. The number of ether oxygens (including phenoxy) is 1. The number of H-pyrrole nitrogens is 1. The predicted molar refractivity (Wildman–Crippen MR) is 53.1 cm³/mol. The molecule has 0 spiro atoms. The first kappa shape index (κ1) is 9.65. The van der Waals surface area contributed by atoms with Crippen LogP contribution in [0.4, 0.5) is 0 Å². The van der Waals surface area contributed by atoms with Gasteiger partial charge < -0.3 is 4.74 Å². The fraction of sp³-hybridized carbons (Fsp3) is 0.800. The van der Waals surface area contributed by atoms with Crippen molar-refractivity contribution in [1.29, 1.82) is 0 Å². The normalized spacial score (nSPS) is 22.1. The number of aromatic nitrogens is 3. The molecule has 0 bridgehead atoms. The van der Waals surface area contributed by atoms with Crippen LogP contribution in [0.2, 0.25) is 0 Å². The number of hydrogen-bond acceptors (Lipinski definition) is 3. The third-order valence-electron chi connectivity index (χ3n) is 2.51. The van der Waals surface area contributed by atoms with E-state index < -0.39 is 0 Å². The molecule has 1 unspecified atom stereocenters. The molecule has 4 nitrogen and oxygen atoms in total. The molecule has 0 aromatic carbocycles. The molecule has 1 aliphatic heterocycles. The molecule has 0 amide bonds. The smallest absolute Gasteiger partial charge is 0.153 e. The van der Waals surface area contributed by atoms with Gasteiger partial charge in [0.25, 0.3) is 0 Å². The maximum absolute atomic E-state index is 5.54. The lowest BCUT2D eigenvalue weighted by Crippen LogP contribution is -2.10. The van der Waals surface area contributed by atoms with E-state index in [1.165, 1.54) is 6.42 Å². The van der Waals surface area contributed by atoms with Crippen LogP contribution in [0.3, 0.4) is 0 Å². The van der Waals surface area contributed by atoms with E-state index in [2.05, 4.69) is 29.0 Å². The van der Waals surface area contributed by atoms with Gasteiger partial charge in [0.15, 0.2) is 5.82 Å². The van der Waals surface area contributed by atoms with E-state index in [1.54, 1.807) is 0 Å². The summed E-state index contributed by atoms with van der Waals surface area (Å²) in [6, 6.07) is 0. The van der Waals surface area contributed by atoms with Crippen LogP contribution in [0.15, 0.2) is 0 Å². The number of hydrogen-bond donors (Lipinski definition) is 1. The molecule has 2 rings (SSSR count). The lowest BCUT2D eigenvalue weighted by molar-refractivity contribution is 0.110. The number of aromatic amines is 1. The van der Waals surface area contributed by atoms with Crippen LogP contribution in [0.1, 0.15) is 44.3 Å². The Morgan fingerprint density at radius 3 is 3.00 bits per heavy atom. The van der Waals surface area contributed by atoms with Gasteiger partial charge in [-0.3, -0.25) is 5.10 Å². The second-order valence-electron chi connectivity index (χ2n) is 4.13. The molecule has 4 heteroatoms. The van der Waals surface area contributed by atoms with Gasteiger partial charge in [-0.25, -0.2) is 4.98 Å². The van der Waals surface area contributed by atoms with Crippen molar-refractivity contribution in [2.24, 2.45) is 0 Å². The molecule has 0 saturated carbocycles. The monoisotopic (exact) mass is 195 g/mol. The number of nitrogens with zero attached hydrogens (tertiary/aromatic N) is 2. The fourth-order valence-electron chi connectivity index (χ4n) is 1.68. The molecule has 0 aliphatic carbocycles. The van der Waals surface area contributed by atoms with Crippen molar-refractivity contribution in [1.82, 2.24) is 15.2 Å². The predicted octanol–water partition coefficient (Wildman–Crippen LogP) is 1.65. The first-order valence-corrected chi connectivity index (χ1v) is 5.28. The zero-order chi connectivity index (χ0) is 9.97. The minimum Gasteiger partial charge on any atom is -0.378 e. The Morgan fingerprint density at radius 2 is 2.43 bits per heavy atom. The molecule has 1 aliphatic rings. The summed E-state index contributed by atoms with van der Waals surface area (Å²) < 4.78 is 5.54. The third-order valence-corrected chi connectivity index (χ3v) is 2.51. The standard InChI is InChI=1S/C10H17N3O/c1-7(2)10-11-9(12-13-10)6-8-4-3-5-14-8/h7-8H,3-6H2,1-2H3,(H,11,12,13). The topological polar surface area (TPSA) is 50.8 Å². The summed E-state index contributed by atoms with van der Waals surface area (Å²) in [6.07, 6.45) is 3.55. The highest BCUT2D eigenvalue weighted by Gasteiger charge is 2.18. The Bertz CT molecular complexity index is 289. The van der Waals surface area contributed by atoms with Crippen LogP contribution >= 0.6 is 0 Å². The van der Waals surface area contributed by atoms with Gasteiger partial charge in [-0.15, -0.1) is 0 Å². The van der Waals surface area contributed by atoms with Gasteiger partial charge in [0.1, 0.15) is 5.82 Å². The van der Waals surface area contributed by atoms with Crippen LogP contribution in [0.25, 0.3) is 0 Å². The third kappa shape index (κ3) is 2.12. The highest BCUT2D eigenvalue weighted by Crippen LogP contribution is 2.16. The van der Waals surface area contributed by atoms with Gasteiger partial charge in [-0.2, -0.15) is 5.10 Å². The maximum atomic E-state index is 5.54. The van der Waals surface area contributed by atoms with Crippen molar-refractivity contribution in [3.8, 4) is 0 Å². The summed E-state index contributed by atoms with van der Waals surface area (Å²) in [5.41, 5.74) is 0. The molecule has 1 fully saturated rings. The van der Waals surface area contributed by atoms with Crippen LogP contribution in [-0.4, -0.2) is 27.9 Å². The van der Waals surface area contributed by atoms with Gasteiger partial charge >= 0.3 is 0 Å². The van der Waals surface area contributed by atoms with E-state index in [4.69, 9.17) is 4.74 Å². The van der Waals surface area contributed by atoms with Gasteiger partial charge in [0.05, 0.1) is 6.10 Å². The summed E-state index contributed by atoms with van der Waals surface area (Å²) in [5, 5.41) is 7.14. The summed E-state index contributed by atoms with van der Waals surface area (Å²) in [6.45, 7) is 5.09. The fourth-order valence-corrected chi connectivity index (χ4v) is 1.68. The molecule has 1 atom stereocenters. The molecule has 1 N–H and O–H groups in total. The van der Waals surface area contributed by atoms with E-state index in [9.17, 15) is 0 Å². The second-order valence-corrected chi connectivity index (χ2v) is 4.13. The molecule has 14 heavy (non-hydrogen) atoms. The molecule has 1 saturated heterocycles. The minimum atomic E-state index is 0.350. The Morgan fingerprint density at radius 1 is 1.57 bits per heavy atom. The van der Waals surface area contributed by atoms with Crippen molar-refractivity contribution in [2.75, 3.05) is 6.61 Å². The Kier molecular flexibility index (Phi) is 2.82. The summed E-state index contributed by atoms with van der Waals surface area (Å²) >= 11 is 0. The molecule has 78 valence electrons. The Balaban J connectivity index is 1.95. The highest BCUT2D eigenvalue weighted by atomic mass is 16.5. The van der Waals surface area contributed by atoms with Crippen molar-refractivity contribution in [2.45, 2.75) is 45.1 Å². The van der Waals surface area contributed by atoms with E-state index in [-0.39, 0.29) is 0 Å². The largest absolute Gasteiger partial charge is 0.378 e. The van der Waals surface area contributed by atoms with Crippen molar-refractivity contribution in [3.63, 3.8) is 0 Å². The van der Waals surface area contributed by atoms with E-state index in [0.29, 0.717) is 12.0 Å². The summed E-state index contributed by atoms with van der Waals surface area (Å²) in [7, 11) is 0. The molecular formula is C10H17N3O. The number of rotatable bonds is 3. The number of nitrogens with one attached hydrogen (secondary N) is 1. The molecule has 1 aromatic rings. The quantitative estimate of drug-likeness (QED) is 0.797. The highest BCUT2D eigenvalue weighted by molar-refractivity contribution is 4.96. The first-order valence-electron chi connectivity index (χ1n) is 5.28. The van der Waals surface area contributed by atoms with Gasteiger partial charge in [-0.05, 0) is 12.8 Å². The average molecular weight is 195 g/mol. The zero-order valence-electron chi connectivity index (χ0n) is 8.79. The molecule has 1 aromatic heterocycles. The first-order chi connectivity index (χ1) is 6.75. The minimum absolute atomic E-state index is 0.350. The van der Waals surface area contributed by atoms with E-state index in [0.717, 1.165) is 31.1 Å². The summed E-state index contributed by atoms with van der Waals surface area (Å²) in [4.78, 5) is 4.43. The second kappa shape index (κ2) is 4.09. The van der Waals surface area contributed by atoms with Crippen molar-refractivity contribution >= 4 is 0 Å². The van der Waals surface area contributed by atoms with Crippen LogP contribution in [0, 0.1) is 0 Å². The maximum Gasteiger partial charge on any atom is 0.153 e. The van der Waals surface area contributed by atoms with Crippen molar-refractivity contribution < 1.29 is 4.74 Å².